The molecule has 0 radical (unpaired) electrons. The number of fused-ring (bicyclic) bond motifs is 1. The fourth-order valence-electron chi connectivity index (χ4n) is 3.50. The minimum atomic E-state index is 0.119. The van der Waals surface area contributed by atoms with Crippen molar-refractivity contribution < 1.29 is 4.79 Å². The second-order valence-electron chi connectivity index (χ2n) is 7.12. The van der Waals surface area contributed by atoms with Crippen LogP contribution in [0.2, 0.25) is 0 Å². The van der Waals surface area contributed by atoms with E-state index < -0.39 is 0 Å². The minimum Gasteiger partial charge on any atom is -0.355 e. The molecule has 3 heterocycles. The van der Waals surface area contributed by atoms with Crippen molar-refractivity contribution >= 4 is 17.4 Å². The Labute approximate surface area is 154 Å². The number of hydrogen-bond acceptors (Lipinski definition) is 6. The fraction of sp³-hybridized carbons (Fsp3) is 0.722. The molecule has 8 heteroatoms. The fourth-order valence-corrected chi connectivity index (χ4v) is 3.50. The van der Waals surface area contributed by atoms with Gasteiger partial charge in [0.25, 0.3) is 0 Å². The number of amides is 1. The highest BCUT2D eigenvalue weighted by Crippen LogP contribution is 2.24. The molecule has 0 N–H and O–H groups in total. The average molecular weight is 359 g/mol. The van der Waals surface area contributed by atoms with Gasteiger partial charge in [-0.1, -0.05) is 20.3 Å². The molecule has 8 nitrogen and oxygen atoms in total. The lowest BCUT2D eigenvalue weighted by molar-refractivity contribution is -0.138. The lowest BCUT2D eigenvalue weighted by Gasteiger charge is -2.36. The molecule has 0 bridgehead atoms. The monoisotopic (exact) mass is 359 g/mol. The molecule has 0 spiro atoms. The van der Waals surface area contributed by atoms with Crippen molar-refractivity contribution in [2.24, 2.45) is 5.92 Å². The van der Waals surface area contributed by atoms with Crippen LogP contribution in [-0.4, -0.2) is 61.7 Å². The van der Waals surface area contributed by atoms with Gasteiger partial charge < -0.3 is 9.80 Å². The standard InChI is InChI=1S/C18H29N7O/c1-4-6-11-24(14(3)5-2)18(26)15-9-12-23(13-10-15)17-8-7-16-19-21-22-25(16)20-17/h7-8,14-15H,4-6,9-13H2,1-3H3. The number of unbranched alkanes of at least 4 members (excludes halogenated alkanes) is 1. The first-order valence-electron chi connectivity index (χ1n) is 9.74. The molecular formula is C18H29N7O. The van der Waals surface area contributed by atoms with Gasteiger partial charge in [-0.25, -0.2) is 0 Å². The molecular weight excluding hydrogens is 330 g/mol. The Hall–Kier alpha value is -2.25. The maximum absolute atomic E-state index is 13.0. The van der Waals surface area contributed by atoms with Gasteiger partial charge in [0.2, 0.25) is 5.91 Å². The van der Waals surface area contributed by atoms with Crippen LogP contribution in [0.15, 0.2) is 12.1 Å². The Morgan fingerprint density at radius 1 is 1.31 bits per heavy atom. The topological polar surface area (TPSA) is 79.5 Å². The zero-order chi connectivity index (χ0) is 18.5. The molecule has 0 aromatic carbocycles. The van der Waals surface area contributed by atoms with Crippen molar-refractivity contribution in [1.82, 2.24) is 30.2 Å². The molecule has 1 fully saturated rings. The zero-order valence-corrected chi connectivity index (χ0v) is 16.0. The van der Waals surface area contributed by atoms with Gasteiger partial charge >= 0.3 is 0 Å². The third-order valence-electron chi connectivity index (χ3n) is 5.38. The van der Waals surface area contributed by atoms with E-state index in [1.807, 2.05) is 12.1 Å². The van der Waals surface area contributed by atoms with Crippen molar-refractivity contribution in [3.8, 4) is 0 Å². The highest BCUT2D eigenvalue weighted by Gasteiger charge is 2.30. The number of piperidine rings is 1. The predicted molar refractivity (Wildman–Crippen MR) is 99.9 cm³/mol. The molecule has 1 amide bonds. The summed E-state index contributed by atoms with van der Waals surface area (Å²) in [6, 6.07) is 4.13. The van der Waals surface area contributed by atoms with E-state index in [2.05, 4.69) is 51.2 Å². The summed E-state index contributed by atoms with van der Waals surface area (Å²) < 4.78 is 1.45. The minimum absolute atomic E-state index is 0.119. The Morgan fingerprint density at radius 2 is 2.08 bits per heavy atom. The van der Waals surface area contributed by atoms with Crippen LogP contribution in [-0.2, 0) is 4.79 Å². The van der Waals surface area contributed by atoms with Gasteiger partial charge in [0.1, 0.15) is 0 Å². The molecule has 1 saturated heterocycles. The number of anilines is 1. The molecule has 2 aromatic heterocycles. The Bertz CT molecular complexity index is 723. The van der Waals surface area contributed by atoms with E-state index in [0.717, 1.165) is 57.6 Å². The Morgan fingerprint density at radius 3 is 2.77 bits per heavy atom. The quantitative estimate of drug-likeness (QED) is 0.754. The number of nitrogens with zero attached hydrogens (tertiary/aromatic N) is 7. The van der Waals surface area contributed by atoms with Crippen LogP contribution in [0.3, 0.4) is 0 Å². The summed E-state index contributed by atoms with van der Waals surface area (Å²) >= 11 is 0. The summed E-state index contributed by atoms with van der Waals surface area (Å²) in [5, 5.41) is 15.8. The number of carbonyl (C=O) groups excluding carboxylic acids is 1. The Balaban J connectivity index is 1.61. The molecule has 1 atom stereocenters. The van der Waals surface area contributed by atoms with Gasteiger partial charge in [-0.2, -0.15) is 0 Å². The average Bonchev–Trinajstić information content (AvgIpc) is 3.15. The molecule has 142 valence electrons. The molecule has 1 aliphatic rings. The van der Waals surface area contributed by atoms with E-state index in [9.17, 15) is 4.79 Å². The summed E-state index contributed by atoms with van der Waals surface area (Å²) in [7, 11) is 0. The first-order chi connectivity index (χ1) is 12.6. The molecule has 1 unspecified atom stereocenters. The normalized spacial score (nSPS) is 16.8. The zero-order valence-electron chi connectivity index (χ0n) is 16.0. The molecule has 3 rings (SSSR count). The summed E-state index contributed by atoms with van der Waals surface area (Å²) in [6.07, 6.45) is 4.93. The molecule has 26 heavy (non-hydrogen) atoms. The highest BCUT2D eigenvalue weighted by molar-refractivity contribution is 5.79. The van der Waals surface area contributed by atoms with Gasteiger partial charge in [-0.05, 0) is 55.2 Å². The summed E-state index contributed by atoms with van der Waals surface area (Å²) in [5.41, 5.74) is 0.638. The van der Waals surface area contributed by atoms with E-state index in [1.54, 1.807) is 0 Å². The van der Waals surface area contributed by atoms with E-state index >= 15 is 0 Å². The number of aromatic nitrogens is 5. The van der Waals surface area contributed by atoms with Crippen LogP contribution in [0.5, 0.6) is 0 Å². The first kappa shape index (κ1) is 18.5. The van der Waals surface area contributed by atoms with Gasteiger partial charge in [0.05, 0.1) is 0 Å². The lowest BCUT2D eigenvalue weighted by Crippen LogP contribution is -2.46. The van der Waals surface area contributed by atoms with Crippen LogP contribution < -0.4 is 4.90 Å². The second-order valence-corrected chi connectivity index (χ2v) is 7.12. The van der Waals surface area contributed by atoms with Gasteiger partial charge in [-0.15, -0.1) is 14.8 Å². The molecule has 0 saturated carbocycles. The smallest absolute Gasteiger partial charge is 0.226 e. The van der Waals surface area contributed by atoms with Crippen molar-refractivity contribution in [3.05, 3.63) is 12.1 Å². The number of tetrazole rings is 1. The van der Waals surface area contributed by atoms with Crippen LogP contribution in [0.1, 0.15) is 52.9 Å². The van der Waals surface area contributed by atoms with Crippen molar-refractivity contribution in [3.63, 3.8) is 0 Å². The van der Waals surface area contributed by atoms with Gasteiger partial charge in [0, 0.05) is 31.6 Å². The lowest BCUT2D eigenvalue weighted by atomic mass is 9.94. The largest absolute Gasteiger partial charge is 0.355 e. The maximum atomic E-state index is 13.0. The van der Waals surface area contributed by atoms with Crippen LogP contribution in [0.25, 0.3) is 5.65 Å². The summed E-state index contributed by atoms with van der Waals surface area (Å²) in [5.74, 6) is 1.31. The second kappa shape index (κ2) is 8.42. The van der Waals surface area contributed by atoms with E-state index in [1.165, 1.54) is 4.63 Å². The third kappa shape index (κ3) is 3.94. The van der Waals surface area contributed by atoms with E-state index in [0.29, 0.717) is 17.6 Å². The highest BCUT2D eigenvalue weighted by atomic mass is 16.2. The molecule has 1 aliphatic heterocycles. The maximum Gasteiger partial charge on any atom is 0.226 e. The van der Waals surface area contributed by atoms with Crippen LogP contribution in [0, 0.1) is 5.92 Å². The molecule has 0 aliphatic carbocycles. The van der Waals surface area contributed by atoms with Crippen molar-refractivity contribution in [2.45, 2.75) is 58.9 Å². The number of hydrogen-bond donors (Lipinski definition) is 0. The first-order valence-corrected chi connectivity index (χ1v) is 9.74. The SMILES string of the molecule is CCCCN(C(=O)C1CCN(c2ccc3nnnn3n2)CC1)C(C)CC. The summed E-state index contributed by atoms with van der Waals surface area (Å²) in [6.45, 7) is 9.03. The third-order valence-corrected chi connectivity index (χ3v) is 5.38. The van der Waals surface area contributed by atoms with Crippen LogP contribution >= 0.6 is 0 Å². The summed E-state index contributed by atoms with van der Waals surface area (Å²) in [4.78, 5) is 17.4. The van der Waals surface area contributed by atoms with Gasteiger partial charge in [-0.3, -0.25) is 4.79 Å². The van der Waals surface area contributed by atoms with Crippen molar-refractivity contribution in [1.29, 1.82) is 0 Å². The molecule has 2 aromatic rings. The van der Waals surface area contributed by atoms with Crippen LogP contribution in [0.4, 0.5) is 5.82 Å². The van der Waals surface area contributed by atoms with E-state index in [4.69, 9.17) is 0 Å². The number of carbonyl (C=O) groups is 1. The Kier molecular flexibility index (Phi) is 6.00. The predicted octanol–water partition coefficient (Wildman–Crippen LogP) is 2.16. The van der Waals surface area contributed by atoms with E-state index in [-0.39, 0.29) is 5.92 Å². The van der Waals surface area contributed by atoms with Crippen molar-refractivity contribution in [2.75, 3.05) is 24.5 Å². The number of rotatable bonds is 7. The van der Waals surface area contributed by atoms with Gasteiger partial charge in [0.15, 0.2) is 11.5 Å².